The number of rotatable bonds is 4. The highest BCUT2D eigenvalue weighted by Crippen LogP contribution is 2.37. The summed E-state index contributed by atoms with van der Waals surface area (Å²) >= 11 is 0. The van der Waals surface area contributed by atoms with E-state index in [2.05, 4.69) is 24.9 Å². The summed E-state index contributed by atoms with van der Waals surface area (Å²) in [6, 6.07) is 8.70. The minimum atomic E-state index is -0.398. The maximum atomic E-state index is 9.76. The molecule has 1 aromatic rings. The summed E-state index contributed by atoms with van der Waals surface area (Å²) in [5.41, 5.74) is 2.19. The van der Waals surface area contributed by atoms with Crippen LogP contribution < -0.4 is 4.90 Å². The summed E-state index contributed by atoms with van der Waals surface area (Å²) in [7, 11) is 2.13. The van der Waals surface area contributed by atoms with Crippen molar-refractivity contribution < 1.29 is 5.11 Å². The molecule has 16 heavy (non-hydrogen) atoms. The Hall–Kier alpha value is -1.02. The van der Waals surface area contributed by atoms with Crippen molar-refractivity contribution in [3.05, 3.63) is 29.8 Å². The van der Waals surface area contributed by atoms with Gasteiger partial charge in [-0.2, -0.15) is 0 Å². The van der Waals surface area contributed by atoms with Crippen LogP contribution in [0.1, 0.15) is 38.4 Å². The second-order valence-electron chi connectivity index (χ2n) is 4.92. The Kier molecular flexibility index (Phi) is 3.20. The lowest BCUT2D eigenvalue weighted by Crippen LogP contribution is -2.31. The maximum absolute atomic E-state index is 9.76. The highest BCUT2D eigenvalue weighted by molar-refractivity contribution is 5.54. The molecule has 1 fully saturated rings. The van der Waals surface area contributed by atoms with Gasteiger partial charge < -0.3 is 10.0 Å². The second-order valence-corrected chi connectivity index (χ2v) is 4.92. The fourth-order valence-corrected chi connectivity index (χ4v) is 2.28. The molecule has 2 atom stereocenters. The van der Waals surface area contributed by atoms with Crippen molar-refractivity contribution >= 4 is 5.69 Å². The van der Waals surface area contributed by atoms with Gasteiger partial charge in [-0.1, -0.05) is 18.2 Å². The average Bonchev–Trinajstić information content (AvgIpc) is 3.11. The normalized spacial score (nSPS) is 19.2. The van der Waals surface area contributed by atoms with Crippen LogP contribution in [0.25, 0.3) is 0 Å². The first kappa shape index (κ1) is 11.5. The van der Waals surface area contributed by atoms with E-state index in [9.17, 15) is 5.11 Å². The Labute approximate surface area is 97.9 Å². The van der Waals surface area contributed by atoms with E-state index in [1.165, 1.54) is 12.8 Å². The van der Waals surface area contributed by atoms with E-state index >= 15 is 0 Å². The van der Waals surface area contributed by atoms with Gasteiger partial charge in [-0.05, 0) is 38.7 Å². The molecule has 2 unspecified atom stereocenters. The van der Waals surface area contributed by atoms with Crippen LogP contribution in [0.5, 0.6) is 0 Å². The Balaban J connectivity index is 2.24. The predicted octanol–water partition coefficient (Wildman–Crippen LogP) is 2.97. The first-order valence-corrected chi connectivity index (χ1v) is 6.11. The van der Waals surface area contributed by atoms with Crippen LogP contribution in [0.3, 0.4) is 0 Å². The van der Waals surface area contributed by atoms with Gasteiger partial charge in [0.1, 0.15) is 0 Å². The average molecular weight is 219 g/mol. The first-order chi connectivity index (χ1) is 7.61. The van der Waals surface area contributed by atoms with Gasteiger partial charge in [-0.3, -0.25) is 0 Å². The van der Waals surface area contributed by atoms with Crippen molar-refractivity contribution in [1.82, 2.24) is 0 Å². The summed E-state index contributed by atoms with van der Waals surface area (Å²) < 4.78 is 0. The molecular formula is C14H21NO. The van der Waals surface area contributed by atoms with Crippen LogP contribution in [0.4, 0.5) is 5.69 Å². The smallest absolute Gasteiger partial charge is 0.0781 e. The Morgan fingerprint density at radius 1 is 1.25 bits per heavy atom. The van der Waals surface area contributed by atoms with E-state index in [0.717, 1.165) is 17.2 Å². The highest BCUT2D eigenvalue weighted by Gasteiger charge is 2.31. The van der Waals surface area contributed by atoms with Gasteiger partial charge >= 0.3 is 0 Å². The number of nitrogens with zero attached hydrogens (tertiary/aromatic N) is 1. The zero-order chi connectivity index (χ0) is 11.7. The molecule has 0 radical (unpaired) electrons. The maximum Gasteiger partial charge on any atom is 0.0781 e. The van der Waals surface area contributed by atoms with Gasteiger partial charge in [0.05, 0.1) is 6.10 Å². The molecule has 1 saturated carbocycles. The number of aliphatic hydroxyl groups is 1. The Morgan fingerprint density at radius 2 is 1.88 bits per heavy atom. The van der Waals surface area contributed by atoms with Crippen molar-refractivity contribution in [3.63, 3.8) is 0 Å². The minimum absolute atomic E-state index is 0.398. The van der Waals surface area contributed by atoms with Gasteiger partial charge in [0.2, 0.25) is 0 Å². The summed E-state index contributed by atoms with van der Waals surface area (Å²) in [5, 5.41) is 9.76. The van der Waals surface area contributed by atoms with Crippen LogP contribution >= 0.6 is 0 Å². The highest BCUT2D eigenvalue weighted by atomic mass is 16.3. The SMILES string of the molecule is CC(O)c1ccccc1N(C)C(C)C1CC1. The summed E-state index contributed by atoms with van der Waals surface area (Å²) in [4.78, 5) is 2.31. The monoisotopic (exact) mass is 219 g/mol. The van der Waals surface area contributed by atoms with Crippen molar-refractivity contribution in [3.8, 4) is 0 Å². The molecule has 0 heterocycles. The standard InChI is InChI=1S/C14H21NO/c1-10(12-8-9-12)15(3)14-7-5-4-6-13(14)11(2)16/h4-7,10-12,16H,8-9H2,1-3H3. The van der Waals surface area contributed by atoms with E-state index in [0.29, 0.717) is 6.04 Å². The molecule has 1 aliphatic rings. The molecule has 2 rings (SSSR count). The van der Waals surface area contributed by atoms with Gasteiger partial charge in [0.15, 0.2) is 0 Å². The second kappa shape index (κ2) is 4.46. The topological polar surface area (TPSA) is 23.5 Å². The predicted molar refractivity (Wildman–Crippen MR) is 67.7 cm³/mol. The third kappa shape index (κ3) is 2.22. The van der Waals surface area contributed by atoms with Crippen LogP contribution in [0.2, 0.25) is 0 Å². The lowest BCUT2D eigenvalue weighted by atomic mass is 10.1. The summed E-state index contributed by atoms with van der Waals surface area (Å²) in [5.74, 6) is 0.840. The molecular weight excluding hydrogens is 198 g/mol. The van der Waals surface area contributed by atoms with E-state index < -0.39 is 6.10 Å². The zero-order valence-corrected chi connectivity index (χ0v) is 10.4. The van der Waals surface area contributed by atoms with Crippen LogP contribution in [0, 0.1) is 5.92 Å². The summed E-state index contributed by atoms with van der Waals surface area (Å²) in [6.45, 7) is 4.10. The van der Waals surface area contributed by atoms with E-state index in [1.807, 2.05) is 25.1 Å². The largest absolute Gasteiger partial charge is 0.389 e. The molecule has 0 aliphatic heterocycles. The number of hydrogen-bond acceptors (Lipinski definition) is 2. The van der Waals surface area contributed by atoms with Crippen LogP contribution in [-0.4, -0.2) is 18.2 Å². The van der Waals surface area contributed by atoms with Gasteiger partial charge in [0, 0.05) is 24.3 Å². The molecule has 88 valence electrons. The van der Waals surface area contributed by atoms with Crippen molar-refractivity contribution in [2.45, 2.75) is 38.8 Å². The van der Waals surface area contributed by atoms with Gasteiger partial charge in [0.25, 0.3) is 0 Å². The van der Waals surface area contributed by atoms with Crippen molar-refractivity contribution in [1.29, 1.82) is 0 Å². The van der Waals surface area contributed by atoms with E-state index in [-0.39, 0.29) is 0 Å². The molecule has 0 amide bonds. The number of benzene rings is 1. The quantitative estimate of drug-likeness (QED) is 0.841. The lowest BCUT2D eigenvalue weighted by molar-refractivity contribution is 0.199. The molecule has 1 N–H and O–H groups in total. The zero-order valence-electron chi connectivity index (χ0n) is 10.4. The van der Waals surface area contributed by atoms with Crippen molar-refractivity contribution in [2.75, 3.05) is 11.9 Å². The van der Waals surface area contributed by atoms with Crippen molar-refractivity contribution in [2.24, 2.45) is 5.92 Å². The molecule has 0 aromatic heterocycles. The molecule has 1 aliphatic carbocycles. The number of anilines is 1. The summed E-state index contributed by atoms with van der Waals surface area (Å²) in [6.07, 6.45) is 2.30. The first-order valence-electron chi connectivity index (χ1n) is 6.11. The Bertz CT molecular complexity index is 358. The number of hydrogen-bond donors (Lipinski definition) is 1. The molecule has 0 spiro atoms. The van der Waals surface area contributed by atoms with Gasteiger partial charge in [-0.25, -0.2) is 0 Å². The molecule has 1 aromatic carbocycles. The molecule has 0 bridgehead atoms. The third-order valence-corrected chi connectivity index (χ3v) is 3.68. The molecule has 2 heteroatoms. The van der Waals surface area contributed by atoms with Gasteiger partial charge in [-0.15, -0.1) is 0 Å². The van der Waals surface area contributed by atoms with E-state index in [4.69, 9.17) is 0 Å². The van der Waals surface area contributed by atoms with Crippen LogP contribution in [-0.2, 0) is 0 Å². The van der Waals surface area contributed by atoms with Crippen LogP contribution in [0.15, 0.2) is 24.3 Å². The lowest BCUT2D eigenvalue weighted by Gasteiger charge is -2.29. The minimum Gasteiger partial charge on any atom is -0.389 e. The van der Waals surface area contributed by atoms with E-state index in [1.54, 1.807) is 0 Å². The third-order valence-electron chi connectivity index (χ3n) is 3.68. The molecule has 0 saturated heterocycles. The fraction of sp³-hybridized carbons (Fsp3) is 0.571. The number of para-hydroxylation sites is 1. The molecule has 2 nitrogen and oxygen atoms in total. The fourth-order valence-electron chi connectivity index (χ4n) is 2.28. The number of aliphatic hydroxyl groups excluding tert-OH is 1. The Morgan fingerprint density at radius 3 is 2.44 bits per heavy atom.